The van der Waals surface area contributed by atoms with Gasteiger partial charge in [-0.3, -0.25) is 9.71 Å². The van der Waals surface area contributed by atoms with Gasteiger partial charge in [0, 0.05) is 35.0 Å². The van der Waals surface area contributed by atoms with Crippen LogP contribution in [-0.2, 0) is 10.0 Å². The van der Waals surface area contributed by atoms with E-state index in [0.29, 0.717) is 16.8 Å². The summed E-state index contributed by atoms with van der Waals surface area (Å²) in [7, 11) is -3.35. The minimum Gasteiger partial charge on any atom is -0.351 e. The van der Waals surface area contributed by atoms with Gasteiger partial charge in [-0.15, -0.1) is 0 Å². The second-order valence-corrected chi connectivity index (χ2v) is 10.8. The van der Waals surface area contributed by atoms with E-state index in [0.717, 1.165) is 17.6 Å². The monoisotopic (exact) mass is 483 g/mol. The molecule has 1 aromatic carbocycles. The van der Waals surface area contributed by atoms with E-state index >= 15 is 0 Å². The zero-order valence-electron chi connectivity index (χ0n) is 19.4. The highest BCUT2D eigenvalue weighted by Gasteiger charge is 2.42. The first-order valence-electron chi connectivity index (χ1n) is 10.8. The summed E-state index contributed by atoms with van der Waals surface area (Å²) in [5.41, 5.74) is 5.88. The van der Waals surface area contributed by atoms with Crippen LogP contribution in [-0.4, -0.2) is 29.3 Å². The third-order valence-corrected chi connectivity index (χ3v) is 6.83. The van der Waals surface area contributed by atoms with Crippen LogP contribution in [0, 0.1) is 13.8 Å². The third kappa shape index (κ3) is 4.60. The molecule has 7 nitrogen and oxygen atoms in total. The van der Waals surface area contributed by atoms with E-state index in [1.807, 2.05) is 30.3 Å². The highest BCUT2D eigenvalue weighted by atomic mass is 32.2. The number of sulfonamides is 1. The molecule has 0 amide bonds. The number of aromatic nitrogens is 2. The summed E-state index contributed by atoms with van der Waals surface area (Å²) in [6.45, 7) is 8.64. The van der Waals surface area contributed by atoms with E-state index in [-0.39, 0.29) is 12.1 Å². The predicted molar refractivity (Wildman–Crippen MR) is 137 cm³/mol. The molecule has 33 heavy (non-hydrogen) atoms. The van der Waals surface area contributed by atoms with Crippen molar-refractivity contribution in [3.05, 3.63) is 77.4 Å². The summed E-state index contributed by atoms with van der Waals surface area (Å²) < 4.78 is 28.0. The second-order valence-electron chi connectivity index (χ2n) is 8.71. The fourth-order valence-corrected chi connectivity index (χ4v) is 5.66. The summed E-state index contributed by atoms with van der Waals surface area (Å²) in [5, 5.41) is 4.08. The molecule has 174 valence electrons. The average molecular weight is 484 g/mol. The quantitative estimate of drug-likeness (QED) is 0.498. The molecule has 3 heterocycles. The molecule has 2 aromatic heterocycles. The number of nitrogens with zero attached hydrogens (tertiary/aromatic N) is 3. The van der Waals surface area contributed by atoms with Crippen molar-refractivity contribution in [2.75, 3.05) is 15.9 Å². The molecule has 0 bridgehead atoms. The lowest BCUT2D eigenvalue weighted by Gasteiger charge is -2.28. The molecular weight excluding hydrogens is 454 g/mol. The molecule has 0 unspecified atom stereocenters. The van der Waals surface area contributed by atoms with Gasteiger partial charge >= 0.3 is 0 Å². The molecule has 1 aliphatic heterocycles. The Morgan fingerprint density at radius 3 is 2.36 bits per heavy atom. The molecule has 2 N–H and O–H groups in total. The van der Waals surface area contributed by atoms with Crippen LogP contribution < -0.4 is 14.9 Å². The van der Waals surface area contributed by atoms with Gasteiger partial charge in [-0.2, -0.15) is 0 Å². The first-order valence-corrected chi connectivity index (χ1v) is 13.1. The van der Waals surface area contributed by atoms with Crippen molar-refractivity contribution in [3.63, 3.8) is 0 Å². The maximum Gasteiger partial charge on any atom is 0.229 e. The summed E-state index contributed by atoms with van der Waals surface area (Å²) in [6.07, 6.45) is 2.93. The maximum absolute atomic E-state index is 11.6. The van der Waals surface area contributed by atoms with Gasteiger partial charge in [-0.05, 0) is 87.9 Å². The number of thiocarbonyl (C=S) groups is 1. The van der Waals surface area contributed by atoms with E-state index in [1.165, 1.54) is 17.0 Å². The van der Waals surface area contributed by atoms with Gasteiger partial charge in [0.2, 0.25) is 10.0 Å². The van der Waals surface area contributed by atoms with Crippen molar-refractivity contribution in [2.24, 2.45) is 0 Å². The molecule has 2 atom stereocenters. The van der Waals surface area contributed by atoms with Crippen LogP contribution in [0.5, 0.6) is 0 Å². The van der Waals surface area contributed by atoms with Crippen LogP contribution >= 0.6 is 12.2 Å². The first-order chi connectivity index (χ1) is 15.6. The Balaban J connectivity index is 1.82. The Kier molecular flexibility index (Phi) is 6.20. The number of pyridine rings is 1. The Morgan fingerprint density at radius 2 is 1.82 bits per heavy atom. The minimum absolute atomic E-state index is 0.111. The smallest absolute Gasteiger partial charge is 0.229 e. The van der Waals surface area contributed by atoms with Gasteiger partial charge < -0.3 is 14.8 Å². The van der Waals surface area contributed by atoms with Crippen molar-refractivity contribution in [1.29, 1.82) is 0 Å². The van der Waals surface area contributed by atoms with Crippen molar-refractivity contribution in [3.8, 4) is 0 Å². The largest absolute Gasteiger partial charge is 0.351 e. The lowest BCUT2D eigenvalue weighted by Crippen LogP contribution is -2.29. The van der Waals surface area contributed by atoms with Crippen LogP contribution in [0.2, 0.25) is 0 Å². The summed E-state index contributed by atoms with van der Waals surface area (Å²) >= 11 is 5.80. The fraction of sp³-hybridized carbons (Fsp3) is 0.333. The molecule has 0 saturated carbocycles. The average Bonchev–Trinajstić information content (AvgIpc) is 3.23. The fourth-order valence-electron chi connectivity index (χ4n) is 4.75. The maximum atomic E-state index is 11.6. The molecule has 1 saturated heterocycles. The Bertz CT molecular complexity index is 1270. The van der Waals surface area contributed by atoms with E-state index < -0.39 is 10.0 Å². The highest BCUT2D eigenvalue weighted by molar-refractivity contribution is 7.92. The number of rotatable bonds is 6. The van der Waals surface area contributed by atoms with E-state index in [1.54, 1.807) is 18.3 Å². The summed E-state index contributed by atoms with van der Waals surface area (Å²) in [4.78, 5) is 6.72. The SMILES string of the molecule is Cc1cc([C@H]2[C@@H](c3ccccn3)NC(=S)N2c2ccc(NS(C)(=O)=O)cc2)c(C)n1C(C)C. The first kappa shape index (κ1) is 23.3. The summed E-state index contributed by atoms with van der Waals surface area (Å²) in [6, 6.07) is 15.5. The minimum atomic E-state index is -3.35. The van der Waals surface area contributed by atoms with Crippen LogP contribution in [0.25, 0.3) is 0 Å². The van der Waals surface area contributed by atoms with Crippen molar-refractivity contribution < 1.29 is 8.42 Å². The topological polar surface area (TPSA) is 79.3 Å². The normalized spacial score (nSPS) is 18.6. The molecule has 0 radical (unpaired) electrons. The molecule has 4 rings (SSSR count). The standard InChI is InChI=1S/C24H29N5O2S2/c1-15(2)28-16(3)14-20(17(28)4)23-22(21-8-6-7-13-25-21)26-24(32)29(23)19-11-9-18(10-12-19)27-33(5,30)31/h6-15,22-23,27H,1-5H3,(H,26,32)/t22-,23+/m1/s1. The lowest BCUT2D eigenvalue weighted by atomic mass is 9.96. The number of hydrogen-bond donors (Lipinski definition) is 2. The van der Waals surface area contributed by atoms with Gasteiger partial charge in [0.25, 0.3) is 0 Å². The molecule has 1 fully saturated rings. The van der Waals surface area contributed by atoms with E-state index in [4.69, 9.17) is 12.2 Å². The van der Waals surface area contributed by atoms with Crippen molar-refractivity contribution in [2.45, 2.75) is 45.8 Å². The molecule has 1 aliphatic rings. The van der Waals surface area contributed by atoms with Gasteiger partial charge in [-0.25, -0.2) is 8.42 Å². The van der Waals surface area contributed by atoms with Gasteiger partial charge in [0.15, 0.2) is 5.11 Å². The third-order valence-electron chi connectivity index (χ3n) is 5.91. The van der Waals surface area contributed by atoms with E-state index in [2.05, 4.69) is 58.3 Å². The number of nitrogens with one attached hydrogen (secondary N) is 2. The Hall–Kier alpha value is -2.91. The van der Waals surface area contributed by atoms with Crippen LogP contribution in [0.1, 0.15) is 54.6 Å². The van der Waals surface area contributed by atoms with Crippen LogP contribution in [0.4, 0.5) is 11.4 Å². The van der Waals surface area contributed by atoms with E-state index in [9.17, 15) is 8.42 Å². The predicted octanol–water partition coefficient (Wildman–Crippen LogP) is 4.63. The lowest BCUT2D eigenvalue weighted by molar-refractivity contribution is 0.547. The van der Waals surface area contributed by atoms with Crippen LogP contribution in [0.3, 0.4) is 0 Å². The zero-order valence-corrected chi connectivity index (χ0v) is 21.0. The molecule has 3 aromatic rings. The summed E-state index contributed by atoms with van der Waals surface area (Å²) in [5.74, 6) is 0. The Labute approximate surface area is 200 Å². The van der Waals surface area contributed by atoms with Gasteiger partial charge in [-0.1, -0.05) is 6.07 Å². The molecule has 9 heteroatoms. The molecule has 0 aliphatic carbocycles. The number of benzene rings is 1. The number of aryl methyl sites for hydroxylation is 1. The zero-order chi connectivity index (χ0) is 23.9. The number of hydrogen-bond acceptors (Lipinski definition) is 4. The number of anilines is 2. The molecule has 0 spiro atoms. The van der Waals surface area contributed by atoms with Gasteiger partial charge in [0.05, 0.1) is 24.0 Å². The van der Waals surface area contributed by atoms with Crippen LogP contribution in [0.15, 0.2) is 54.7 Å². The highest BCUT2D eigenvalue weighted by Crippen LogP contribution is 2.43. The van der Waals surface area contributed by atoms with Crippen molar-refractivity contribution >= 4 is 38.7 Å². The Morgan fingerprint density at radius 1 is 1.12 bits per heavy atom. The van der Waals surface area contributed by atoms with Gasteiger partial charge in [0.1, 0.15) is 0 Å². The van der Waals surface area contributed by atoms with Crippen molar-refractivity contribution in [1.82, 2.24) is 14.9 Å². The molecular formula is C24H29N5O2S2. The second kappa shape index (κ2) is 8.79.